The van der Waals surface area contributed by atoms with E-state index in [0.717, 1.165) is 18.4 Å². The van der Waals surface area contributed by atoms with Crippen molar-refractivity contribution in [2.75, 3.05) is 12.4 Å². The van der Waals surface area contributed by atoms with Gasteiger partial charge in [0.05, 0.1) is 5.69 Å². The fourth-order valence-electron chi connectivity index (χ4n) is 0.594. The van der Waals surface area contributed by atoms with E-state index in [1.54, 1.807) is 12.4 Å². The lowest BCUT2D eigenvalue weighted by molar-refractivity contribution is -0.114. The maximum atomic E-state index is 10.1. The number of carbonyl (C=O) groups is 1. The predicted octanol–water partition coefficient (Wildman–Crippen LogP) is 3.77. The number of hydrogen-bond acceptors (Lipinski definition) is 3. The number of nitrogens with zero attached hydrogens (tertiary/aromatic N) is 1. The van der Waals surface area contributed by atoms with Crippen LogP contribution >= 0.6 is 0 Å². The minimum atomic E-state index is -0.0972. The molecule has 1 rings (SSSR count). The number of hydrogen-bond donors (Lipinski definition) is 1. The van der Waals surface area contributed by atoms with Crippen molar-refractivity contribution in [3.63, 3.8) is 0 Å². The monoisotopic (exact) mass is 238 g/mol. The van der Waals surface area contributed by atoms with E-state index in [2.05, 4.69) is 10.3 Å². The van der Waals surface area contributed by atoms with E-state index in [9.17, 15) is 4.79 Å². The van der Waals surface area contributed by atoms with Gasteiger partial charge in [-0.1, -0.05) is 34.6 Å². The first-order valence-corrected chi connectivity index (χ1v) is 6.10. The third kappa shape index (κ3) is 10.9. The minimum Gasteiger partial charge on any atom is -0.387 e. The van der Waals surface area contributed by atoms with Crippen LogP contribution in [0.2, 0.25) is 0 Å². The van der Waals surface area contributed by atoms with Crippen molar-refractivity contribution in [1.29, 1.82) is 0 Å². The smallest absolute Gasteiger partial charge is 0.125 e. The Kier molecular flexibility index (Phi) is 11.8. The Hall–Kier alpha value is -1.38. The summed E-state index contributed by atoms with van der Waals surface area (Å²) in [4.78, 5) is 14.0. The third-order valence-corrected chi connectivity index (χ3v) is 2.18. The lowest BCUT2D eigenvalue weighted by Gasteiger charge is -2.10. The standard InChI is InChI=1S/C6H8N2.C6H12O.C2H6/c1-7-6-3-2-4-8-5-6;1-4-6(2,3)5-7;1-2/h2-5,7H,1H3;5H,4H2,1-3H3;1-2H3. The van der Waals surface area contributed by atoms with Gasteiger partial charge in [-0.05, 0) is 18.6 Å². The van der Waals surface area contributed by atoms with Crippen LogP contribution in [0.4, 0.5) is 5.69 Å². The van der Waals surface area contributed by atoms with Gasteiger partial charge in [0.15, 0.2) is 0 Å². The predicted molar refractivity (Wildman–Crippen MR) is 75.3 cm³/mol. The van der Waals surface area contributed by atoms with Crippen LogP contribution in [0.25, 0.3) is 0 Å². The lowest BCUT2D eigenvalue weighted by atomic mass is 9.93. The van der Waals surface area contributed by atoms with Crippen LogP contribution < -0.4 is 5.32 Å². The van der Waals surface area contributed by atoms with Crippen molar-refractivity contribution in [2.24, 2.45) is 5.41 Å². The van der Waals surface area contributed by atoms with Crippen molar-refractivity contribution in [1.82, 2.24) is 4.98 Å². The summed E-state index contributed by atoms with van der Waals surface area (Å²) in [5, 5.41) is 2.96. The number of aromatic nitrogens is 1. The molecule has 0 radical (unpaired) electrons. The Labute approximate surface area is 106 Å². The number of nitrogens with one attached hydrogen (secondary N) is 1. The SMILES string of the molecule is CC.CCC(C)(C)C=O.CNc1cccnc1. The Balaban J connectivity index is 0. The van der Waals surface area contributed by atoms with Gasteiger partial charge in [0.2, 0.25) is 0 Å². The van der Waals surface area contributed by atoms with Crippen molar-refractivity contribution in [3.05, 3.63) is 24.5 Å². The van der Waals surface area contributed by atoms with Gasteiger partial charge in [0, 0.05) is 24.9 Å². The first kappa shape index (κ1) is 18.0. The molecule has 98 valence electrons. The molecule has 0 aliphatic rings. The summed E-state index contributed by atoms with van der Waals surface area (Å²) >= 11 is 0. The van der Waals surface area contributed by atoms with Gasteiger partial charge in [-0.2, -0.15) is 0 Å². The highest BCUT2D eigenvalue weighted by atomic mass is 16.1. The highest BCUT2D eigenvalue weighted by Gasteiger charge is 2.11. The van der Waals surface area contributed by atoms with Gasteiger partial charge in [-0.3, -0.25) is 4.98 Å². The fourth-order valence-corrected chi connectivity index (χ4v) is 0.594. The van der Waals surface area contributed by atoms with Crippen LogP contribution in [0.1, 0.15) is 41.0 Å². The molecular formula is C14H26N2O. The van der Waals surface area contributed by atoms with Crippen molar-refractivity contribution in [3.8, 4) is 0 Å². The van der Waals surface area contributed by atoms with Crippen LogP contribution in [0.5, 0.6) is 0 Å². The van der Waals surface area contributed by atoms with Crippen LogP contribution in [-0.4, -0.2) is 18.3 Å². The zero-order valence-electron chi connectivity index (χ0n) is 11.9. The Morgan fingerprint density at radius 2 is 2.00 bits per heavy atom. The van der Waals surface area contributed by atoms with Crippen LogP contribution in [-0.2, 0) is 4.79 Å². The van der Waals surface area contributed by atoms with Gasteiger partial charge in [0.25, 0.3) is 0 Å². The molecule has 3 heteroatoms. The highest BCUT2D eigenvalue weighted by molar-refractivity contribution is 5.57. The Bertz CT molecular complexity index is 271. The second-order valence-electron chi connectivity index (χ2n) is 3.95. The molecule has 1 heterocycles. The number of anilines is 1. The fraction of sp³-hybridized carbons (Fsp3) is 0.571. The van der Waals surface area contributed by atoms with Gasteiger partial charge in [-0.15, -0.1) is 0 Å². The number of rotatable bonds is 3. The van der Waals surface area contributed by atoms with E-state index in [1.165, 1.54) is 0 Å². The van der Waals surface area contributed by atoms with Crippen molar-refractivity contribution < 1.29 is 4.79 Å². The molecule has 0 unspecified atom stereocenters. The maximum Gasteiger partial charge on any atom is 0.125 e. The molecule has 0 saturated carbocycles. The zero-order valence-corrected chi connectivity index (χ0v) is 11.9. The van der Waals surface area contributed by atoms with Crippen molar-refractivity contribution >= 4 is 12.0 Å². The second-order valence-corrected chi connectivity index (χ2v) is 3.95. The number of carbonyl (C=O) groups excluding carboxylic acids is 1. The molecule has 1 aromatic heterocycles. The topological polar surface area (TPSA) is 42.0 Å². The molecule has 0 spiro atoms. The molecule has 1 aromatic rings. The lowest BCUT2D eigenvalue weighted by Crippen LogP contribution is -2.09. The molecule has 0 fully saturated rings. The molecule has 0 aliphatic carbocycles. The normalized spacial score (nSPS) is 9.06. The van der Waals surface area contributed by atoms with E-state index >= 15 is 0 Å². The summed E-state index contributed by atoms with van der Waals surface area (Å²) in [5.74, 6) is 0. The van der Waals surface area contributed by atoms with E-state index < -0.39 is 0 Å². The average molecular weight is 238 g/mol. The Morgan fingerprint density at radius 1 is 1.41 bits per heavy atom. The summed E-state index contributed by atoms with van der Waals surface area (Å²) in [6.07, 6.45) is 5.45. The van der Waals surface area contributed by atoms with E-state index in [4.69, 9.17) is 0 Å². The number of pyridine rings is 1. The molecule has 0 bridgehead atoms. The molecule has 1 N–H and O–H groups in total. The van der Waals surface area contributed by atoms with E-state index in [1.807, 2.05) is 53.8 Å². The van der Waals surface area contributed by atoms with Gasteiger partial charge in [0.1, 0.15) is 6.29 Å². The number of aldehydes is 1. The highest BCUT2D eigenvalue weighted by Crippen LogP contribution is 2.14. The first-order chi connectivity index (χ1) is 8.05. The zero-order chi connectivity index (χ0) is 13.7. The summed E-state index contributed by atoms with van der Waals surface area (Å²) in [6.45, 7) is 9.87. The minimum absolute atomic E-state index is 0.0972. The molecule has 0 aliphatic heterocycles. The second kappa shape index (κ2) is 11.1. The quantitative estimate of drug-likeness (QED) is 0.815. The van der Waals surface area contributed by atoms with E-state index in [-0.39, 0.29) is 5.41 Å². The van der Waals surface area contributed by atoms with Crippen LogP contribution in [0.15, 0.2) is 24.5 Å². The largest absolute Gasteiger partial charge is 0.387 e. The molecule has 0 atom stereocenters. The molecular weight excluding hydrogens is 212 g/mol. The van der Waals surface area contributed by atoms with Crippen LogP contribution in [0.3, 0.4) is 0 Å². The molecule has 0 aromatic carbocycles. The summed E-state index contributed by atoms with van der Waals surface area (Å²) in [7, 11) is 1.87. The third-order valence-electron chi connectivity index (χ3n) is 2.18. The van der Waals surface area contributed by atoms with Gasteiger partial charge < -0.3 is 10.1 Å². The average Bonchev–Trinajstić information content (AvgIpc) is 2.42. The molecule has 0 saturated heterocycles. The molecule has 3 nitrogen and oxygen atoms in total. The summed E-state index contributed by atoms with van der Waals surface area (Å²) in [6, 6.07) is 3.86. The first-order valence-electron chi connectivity index (χ1n) is 6.10. The Morgan fingerprint density at radius 3 is 2.18 bits per heavy atom. The summed E-state index contributed by atoms with van der Waals surface area (Å²) in [5.41, 5.74) is 0.951. The molecule has 0 amide bonds. The van der Waals surface area contributed by atoms with E-state index in [0.29, 0.717) is 0 Å². The van der Waals surface area contributed by atoms with Crippen LogP contribution in [0, 0.1) is 5.41 Å². The van der Waals surface area contributed by atoms with Gasteiger partial charge >= 0.3 is 0 Å². The molecule has 17 heavy (non-hydrogen) atoms. The summed E-state index contributed by atoms with van der Waals surface area (Å²) < 4.78 is 0. The van der Waals surface area contributed by atoms with Crippen molar-refractivity contribution in [2.45, 2.75) is 41.0 Å². The van der Waals surface area contributed by atoms with Gasteiger partial charge in [-0.25, -0.2) is 0 Å². The maximum absolute atomic E-state index is 10.1.